The number of carbonyl (C=O) groups is 1. The summed E-state index contributed by atoms with van der Waals surface area (Å²) >= 11 is 5.80. The summed E-state index contributed by atoms with van der Waals surface area (Å²) in [5.74, 6) is 0.345. The number of anilines is 2. The quantitative estimate of drug-likeness (QED) is 0.870. The van der Waals surface area contributed by atoms with Crippen molar-refractivity contribution in [3.8, 4) is 0 Å². The van der Waals surface area contributed by atoms with Crippen molar-refractivity contribution < 1.29 is 4.79 Å². The maximum atomic E-state index is 11.9. The molecule has 0 aliphatic carbocycles. The van der Waals surface area contributed by atoms with Gasteiger partial charge in [0.2, 0.25) is 0 Å². The number of nitrogen functional groups attached to an aromatic ring is 1. The van der Waals surface area contributed by atoms with Gasteiger partial charge in [0.15, 0.2) is 0 Å². The third-order valence-corrected chi connectivity index (χ3v) is 2.59. The fraction of sp³-hybridized carbons (Fsp3) is 0.0833. The highest BCUT2D eigenvalue weighted by Crippen LogP contribution is 2.17. The summed E-state index contributed by atoms with van der Waals surface area (Å²) in [7, 11) is 0. The Balaban J connectivity index is 2.19. The lowest BCUT2D eigenvalue weighted by atomic mass is 10.2. The highest BCUT2D eigenvalue weighted by molar-refractivity contribution is 6.33. The van der Waals surface area contributed by atoms with Crippen molar-refractivity contribution >= 4 is 29.1 Å². The number of nitrogens with zero attached hydrogens (tertiary/aromatic N) is 2. The molecule has 5 nitrogen and oxygen atoms in total. The molecule has 3 N–H and O–H groups in total. The van der Waals surface area contributed by atoms with Gasteiger partial charge in [-0.1, -0.05) is 11.6 Å². The Morgan fingerprint density at radius 3 is 2.83 bits per heavy atom. The van der Waals surface area contributed by atoms with Gasteiger partial charge in [0.25, 0.3) is 5.91 Å². The number of rotatable bonds is 2. The third kappa shape index (κ3) is 2.75. The standard InChI is InChI=1S/C12H11ClN4O/c1-7-2-3-15-10(4-7)17-12(18)8-5-9(13)11(14)16-6-8/h2-6H,1H3,(H2,14,16)(H,15,17,18). The lowest BCUT2D eigenvalue weighted by molar-refractivity contribution is 0.102. The fourth-order valence-electron chi connectivity index (χ4n) is 1.37. The zero-order valence-electron chi connectivity index (χ0n) is 9.64. The van der Waals surface area contributed by atoms with E-state index in [1.165, 1.54) is 12.3 Å². The first kappa shape index (κ1) is 12.3. The van der Waals surface area contributed by atoms with Crippen LogP contribution < -0.4 is 11.1 Å². The number of nitrogens with two attached hydrogens (primary N) is 1. The number of aromatic nitrogens is 2. The maximum Gasteiger partial charge on any atom is 0.258 e. The number of carbonyl (C=O) groups excluding carboxylic acids is 1. The van der Waals surface area contributed by atoms with Gasteiger partial charge < -0.3 is 11.1 Å². The number of amides is 1. The lowest BCUT2D eigenvalue weighted by Crippen LogP contribution is -2.13. The van der Waals surface area contributed by atoms with E-state index in [0.717, 1.165) is 5.56 Å². The molecule has 0 fully saturated rings. The van der Waals surface area contributed by atoms with Crippen LogP contribution in [0.2, 0.25) is 5.02 Å². The van der Waals surface area contributed by atoms with E-state index in [1.54, 1.807) is 12.3 Å². The summed E-state index contributed by atoms with van der Waals surface area (Å²) in [5.41, 5.74) is 6.81. The van der Waals surface area contributed by atoms with Crippen molar-refractivity contribution in [2.75, 3.05) is 11.1 Å². The van der Waals surface area contributed by atoms with Gasteiger partial charge in [-0.3, -0.25) is 4.79 Å². The topological polar surface area (TPSA) is 80.9 Å². The van der Waals surface area contributed by atoms with Crippen molar-refractivity contribution in [2.45, 2.75) is 6.92 Å². The molecular weight excluding hydrogens is 252 g/mol. The molecule has 0 saturated carbocycles. The molecule has 0 spiro atoms. The second kappa shape index (κ2) is 5.01. The van der Waals surface area contributed by atoms with Gasteiger partial charge in [0.1, 0.15) is 11.6 Å². The summed E-state index contributed by atoms with van der Waals surface area (Å²) in [6.07, 6.45) is 2.99. The van der Waals surface area contributed by atoms with Crippen LogP contribution >= 0.6 is 11.6 Å². The number of hydrogen-bond donors (Lipinski definition) is 2. The second-order valence-corrected chi connectivity index (χ2v) is 4.17. The summed E-state index contributed by atoms with van der Waals surface area (Å²) in [6.45, 7) is 1.92. The zero-order chi connectivity index (χ0) is 13.1. The fourth-order valence-corrected chi connectivity index (χ4v) is 1.53. The molecule has 6 heteroatoms. The number of hydrogen-bond acceptors (Lipinski definition) is 4. The molecule has 2 aromatic rings. The van der Waals surface area contributed by atoms with E-state index < -0.39 is 0 Å². The van der Waals surface area contributed by atoms with Gasteiger partial charge >= 0.3 is 0 Å². The predicted molar refractivity (Wildman–Crippen MR) is 70.6 cm³/mol. The van der Waals surface area contributed by atoms with E-state index >= 15 is 0 Å². The lowest BCUT2D eigenvalue weighted by Gasteiger charge is -2.05. The first-order chi connectivity index (χ1) is 8.56. The van der Waals surface area contributed by atoms with Crippen molar-refractivity contribution in [2.24, 2.45) is 0 Å². The Hall–Kier alpha value is -2.14. The number of halogens is 1. The van der Waals surface area contributed by atoms with Crippen molar-refractivity contribution in [3.63, 3.8) is 0 Å². The van der Waals surface area contributed by atoms with Gasteiger partial charge in [-0.05, 0) is 30.7 Å². The van der Waals surface area contributed by atoms with Crippen LogP contribution in [0, 0.1) is 6.92 Å². The normalized spacial score (nSPS) is 10.1. The summed E-state index contributed by atoms with van der Waals surface area (Å²) < 4.78 is 0. The molecule has 0 aliphatic heterocycles. The molecule has 0 aliphatic rings. The number of aryl methyl sites for hydroxylation is 1. The van der Waals surface area contributed by atoms with Gasteiger partial charge in [-0.15, -0.1) is 0 Å². The summed E-state index contributed by atoms with van der Waals surface area (Å²) in [6, 6.07) is 5.08. The minimum atomic E-state index is -0.331. The molecule has 0 saturated heterocycles. The smallest absolute Gasteiger partial charge is 0.258 e. The summed E-state index contributed by atoms with van der Waals surface area (Å²) in [5, 5.41) is 2.91. The van der Waals surface area contributed by atoms with Gasteiger partial charge in [-0.2, -0.15) is 0 Å². The average molecular weight is 263 g/mol. The Morgan fingerprint density at radius 1 is 1.39 bits per heavy atom. The third-order valence-electron chi connectivity index (χ3n) is 2.29. The molecule has 0 bridgehead atoms. The molecule has 0 radical (unpaired) electrons. The van der Waals surface area contributed by atoms with E-state index in [1.807, 2.05) is 13.0 Å². The van der Waals surface area contributed by atoms with E-state index in [0.29, 0.717) is 11.4 Å². The molecule has 0 unspecified atom stereocenters. The predicted octanol–water partition coefficient (Wildman–Crippen LogP) is 2.27. The van der Waals surface area contributed by atoms with Crippen LogP contribution in [0.5, 0.6) is 0 Å². The monoisotopic (exact) mass is 262 g/mol. The highest BCUT2D eigenvalue weighted by atomic mass is 35.5. The van der Waals surface area contributed by atoms with E-state index in [4.69, 9.17) is 17.3 Å². The number of nitrogens with one attached hydrogen (secondary N) is 1. The minimum Gasteiger partial charge on any atom is -0.382 e. The van der Waals surface area contributed by atoms with Crippen LogP contribution in [0.15, 0.2) is 30.6 Å². The molecule has 2 rings (SSSR count). The Bertz CT molecular complexity index is 600. The molecule has 0 aromatic carbocycles. The second-order valence-electron chi connectivity index (χ2n) is 3.76. The van der Waals surface area contributed by atoms with Gasteiger partial charge in [-0.25, -0.2) is 9.97 Å². The molecule has 92 valence electrons. The maximum absolute atomic E-state index is 11.9. The number of pyridine rings is 2. The van der Waals surface area contributed by atoms with Crippen LogP contribution in [0.1, 0.15) is 15.9 Å². The van der Waals surface area contributed by atoms with Crippen LogP contribution in [-0.4, -0.2) is 15.9 Å². The van der Waals surface area contributed by atoms with Gasteiger partial charge in [0, 0.05) is 12.4 Å². The minimum absolute atomic E-state index is 0.196. The van der Waals surface area contributed by atoms with Crippen LogP contribution in [-0.2, 0) is 0 Å². The van der Waals surface area contributed by atoms with Crippen LogP contribution in [0.3, 0.4) is 0 Å². The largest absolute Gasteiger partial charge is 0.382 e. The Morgan fingerprint density at radius 2 is 2.17 bits per heavy atom. The van der Waals surface area contributed by atoms with Crippen LogP contribution in [0.4, 0.5) is 11.6 Å². The molecule has 2 aromatic heterocycles. The molecule has 1 amide bonds. The Kier molecular flexibility index (Phi) is 3.43. The summed E-state index contributed by atoms with van der Waals surface area (Å²) in [4.78, 5) is 19.8. The molecule has 0 atom stereocenters. The Labute approximate surface area is 109 Å². The first-order valence-corrected chi connectivity index (χ1v) is 5.59. The van der Waals surface area contributed by atoms with E-state index in [9.17, 15) is 4.79 Å². The highest BCUT2D eigenvalue weighted by Gasteiger charge is 2.09. The SMILES string of the molecule is Cc1ccnc(NC(=O)c2cnc(N)c(Cl)c2)c1. The molecule has 18 heavy (non-hydrogen) atoms. The van der Waals surface area contributed by atoms with Crippen molar-refractivity contribution in [1.82, 2.24) is 9.97 Å². The van der Waals surface area contributed by atoms with Crippen LogP contribution in [0.25, 0.3) is 0 Å². The van der Waals surface area contributed by atoms with Gasteiger partial charge in [0.05, 0.1) is 10.6 Å². The van der Waals surface area contributed by atoms with E-state index in [-0.39, 0.29) is 16.7 Å². The first-order valence-electron chi connectivity index (χ1n) is 5.21. The van der Waals surface area contributed by atoms with Crippen molar-refractivity contribution in [3.05, 3.63) is 46.7 Å². The van der Waals surface area contributed by atoms with Crippen molar-refractivity contribution in [1.29, 1.82) is 0 Å². The molecular formula is C12H11ClN4O. The zero-order valence-corrected chi connectivity index (χ0v) is 10.4. The molecule has 2 heterocycles. The van der Waals surface area contributed by atoms with E-state index in [2.05, 4.69) is 15.3 Å². The average Bonchev–Trinajstić information content (AvgIpc) is 2.32.